The lowest BCUT2D eigenvalue weighted by atomic mass is 9.94. The van der Waals surface area contributed by atoms with Crippen LogP contribution >= 0.6 is 11.6 Å². The number of hydrogen-bond donors (Lipinski definition) is 1. The topological polar surface area (TPSA) is 76.1 Å². The molecular formula is C28H26ClNO5. The van der Waals surface area contributed by atoms with E-state index in [9.17, 15) is 14.7 Å². The van der Waals surface area contributed by atoms with Gasteiger partial charge in [-0.15, -0.1) is 0 Å². The highest BCUT2D eigenvalue weighted by atomic mass is 35.5. The van der Waals surface area contributed by atoms with Crippen molar-refractivity contribution in [3.05, 3.63) is 93.5 Å². The van der Waals surface area contributed by atoms with Crippen molar-refractivity contribution >= 4 is 34.7 Å². The number of carbonyl (C=O) groups excluding carboxylic acids is 2. The minimum absolute atomic E-state index is 0.0211. The SMILES string of the molecule is CCOc1cc(/C(O)=C2/C(=O)C(=O)N(c3cc(C)cc(C)c3)C2c2cccc(OC)c2)ccc1Cl. The fraction of sp³-hybridized carbons (Fsp3) is 0.214. The molecule has 1 fully saturated rings. The Morgan fingerprint density at radius 1 is 1.03 bits per heavy atom. The Balaban J connectivity index is 1.97. The summed E-state index contributed by atoms with van der Waals surface area (Å²) in [6.07, 6.45) is 0. The number of aryl methyl sites for hydroxylation is 2. The molecule has 35 heavy (non-hydrogen) atoms. The molecule has 3 aromatic rings. The van der Waals surface area contributed by atoms with E-state index in [2.05, 4.69) is 0 Å². The third-order valence-corrected chi connectivity index (χ3v) is 6.16. The molecule has 0 aliphatic carbocycles. The second kappa shape index (κ2) is 9.84. The van der Waals surface area contributed by atoms with Crippen LogP contribution in [-0.4, -0.2) is 30.5 Å². The van der Waals surface area contributed by atoms with E-state index in [1.165, 1.54) is 4.90 Å². The smallest absolute Gasteiger partial charge is 0.300 e. The van der Waals surface area contributed by atoms with E-state index in [1.807, 2.05) is 39.0 Å². The number of ketones is 1. The summed E-state index contributed by atoms with van der Waals surface area (Å²) in [5.41, 5.74) is 3.40. The van der Waals surface area contributed by atoms with E-state index in [4.69, 9.17) is 21.1 Å². The normalized spacial score (nSPS) is 17.1. The van der Waals surface area contributed by atoms with Crippen molar-refractivity contribution < 1.29 is 24.2 Å². The van der Waals surface area contributed by atoms with Crippen molar-refractivity contribution in [2.45, 2.75) is 26.8 Å². The number of amides is 1. The van der Waals surface area contributed by atoms with Crippen LogP contribution in [0, 0.1) is 13.8 Å². The van der Waals surface area contributed by atoms with Crippen LogP contribution in [0.15, 0.2) is 66.2 Å². The Hall–Kier alpha value is -3.77. The number of Topliss-reactive ketones (excluding diaryl/α,β-unsaturated/α-hetero) is 1. The van der Waals surface area contributed by atoms with Gasteiger partial charge in [-0.1, -0.05) is 29.8 Å². The molecule has 6 nitrogen and oxygen atoms in total. The standard InChI is InChI=1S/C28H26ClNO5/c1-5-35-23-15-19(9-10-22(23)29)26(31)24-25(18-7-6-8-21(14-18)34-4)30(28(33)27(24)32)20-12-16(2)11-17(3)13-20/h6-15,25,31H,5H2,1-4H3/b26-24-. The average Bonchev–Trinajstić information content (AvgIpc) is 3.10. The number of rotatable bonds is 6. The predicted molar refractivity (Wildman–Crippen MR) is 136 cm³/mol. The summed E-state index contributed by atoms with van der Waals surface area (Å²) in [4.78, 5) is 28.2. The molecule has 1 saturated heterocycles. The van der Waals surface area contributed by atoms with Crippen molar-refractivity contribution in [2.24, 2.45) is 0 Å². The number of anilines is 1. The Morgan fingerprint density at radius 3 is 2.40 bits per heavy atom. The number of benzene rings is 3. The third-order valence-electron chi connectivity index (χ3n) is 5.84. The van der Waals surface area contributed by atoms with Crippen LogP contribution in [-0.2, 0) is 9.59 Å². The second-order valence-electron chi connectivity index (χ2n) is 8.37. The number of carbonyl (C=O) groups is 2. The Morgan fingerprint density at radius 2 is 1.74 bits per heavy atom. The van der Waals surface area contributed by atoms with Gasteiger partial charge in [0.15, 0.2) is 0 Å². The number of aliphatic hydroxyl groups is 1. The zero-order valence-corrected chi connectivity index (χ0v) is 20.7. The number of halogens is 1. The van der Waals surface area contributed by atoms with Gasteiger partial charge in [0, 0.05) is 11.3 Å². The van der Waals surface area contributed by atoms with E-state index in [1.54, 1.807) is 49.6 Å². The van der Waals surface area contributed by atoms with Gasteiger partial charge in [-0.25, -0.2) is 0 Å². The van der Waals surface area contributed by atoms with Crippen molar-refractivity contribution in [2.75, 3.05) is 18.6 Å². The van der Waals surface area contributed by atoms with Gasteiger partial charge in [-0.3, -0.25) is 14.5 Å². The largest absolute Gasteiger partial charge is 0.507 e. The fourth-order valence-corrected chi connectivity index (χ4v) is 4.56. The molecule has 1 N–H and O–H groups in total. The summed E-state index contributed by atoms with van der Waals surface area (Å²) in [6.45, 7) is 6.05. The van der Waals surface area contributed by atoms with Crippen molar-refractivity contribution in [3.63, 3.8) is 0 Å². The molecule has 1 aliphatic heterocycles. The van der Waals surface area contributed by atoms with Crippen LogP contribution < -0.4 is 14.4 Å². The molecular weight excluding hydrogens is 466 g/mol. The van der Waals surface area contributed by atoms with Gasteiger partial charge in [0.2, 0.25) is 0 Å². The lowest BCUT2D eigenvalue weighted by Crippen LogP contribution is -2.29. The molecule has 0 saturated carbocycles. The van der Waals surface area contributed by atoms with Gasteiger partial charge < -0.3 is 14.6 Å². The Bertz CT molecular complexity index is 1330. The number of ether oxygens (including phenoxy) is 2. The predicted octanol–water partition coefficient (Wildman–Crippen LogP) is 5.99. The molecule has 1 atom stereocenters. The van der Waals surface area contributed by atoms with E-state index in [-0.39, 0.29) is 11.3 Å². The summed E-state index contributed by atoms with van der Waals surface area (Å²) in [7, 11) is 1.54. The zero-order valence-electron chi connectivity index (χ0n) is 20.0. The van der Waals surface area contributed by atoms with Crippen molar-refractivity contribution in [1.82, 2.24) is 0 Å². The quantitative estimate of drug-likeness (QED) is 0.260. The average molecular weight is 492 g/mol. The van der Waals surface area contributed by atoms with Crippen LogP contribution in [0.5, 0.6) is 11.5 Å². The zero-order chi connectivity index (χ0) is 25.3. The first kappa shape index (κ1) is 24.4. The van der Waals surface area contributed by atoms with Gasteiger partial charge in [-0.05, 0) is 79.9 Å². The maximum atomic E-state index is 13.4. The minimum Gasteiger partial charge on any atom is -0.507 e. The van der Waals surface area contributed by atoms with Crippen LogP contribution in [0.25, 0.3) is 5.76 Å². The van der Waals surface area contributed by atoms with E-state index in [0.717, 1.165) is 11.1 Å². The number of nitrogens with zero attached hydrogens (tertiary/aromatic N) is 1. The van der Waals surface area contributed by atoms with Crippen molar-refractivity contribution in [3.8, 4) is 11.5 Å². The number of hydrogen-bond acceptors (Lipinski definition) is 5. The molecule has 0 radical (unpaired) electrons. The monoisotopic (exact) mass is 491 g/mol. The van der Waals surface area contributed by atoms with Gasteiger partial charge >= 0.3 is 0 Å². The third kappa shape index (κ3) is 4.62. The second-order valence-corrected chi connectivity index (χ2v) is 8.78. The summed E-state index contributed by atoms with van der Waals surface area (Å²) < 4.78 is 10.9. The molecule has 0 spiro atoms. The molecule has 1 aliphatic rings. The lowest BCUT2D eigenvalue weighted by Gasteiger charge is -2.26. The summed E-state index contributed by atoms with van der Waals surface area (Å²) in [5, 5.41) is 11.8. The summed E-state index contributed by atoms with van der Waals surface area (Å²) >= 11 is 6.22. The van der Waals surface area contributed by atoms with Crippen LogP contribution in [0.2, 0.25) is 5.02 Å². The minimum atomic E-state index is -0.863. The van der Waals surface area contributed by atoms with Gasteiger partial charge in [-0.2, -0.15) is 0 Å². The molecule has 1 amide bonds. The van der Waals surface area contributed by atoms with Crippen molar-refractivity contribution in [1.29, 1.82) is 0 Å². The van der Waals surface area contributed by atoms with Crippen LogP contribution in [0.1, 0.15) is 35.2 Å². The maximum Gasteiger partial charge on any atom is 0.300 e. The molecule has 180 valence electrons. The first-order valence-electron chi connectivity index (χ1n) is 11.2. The first-order chi connectivity index (χ1) is 16.7. The fourth-order valence-electron chi connectivity index (χ4n) is 4.39. The first-order valence-corrected chi connectivity index (χ1v) is 11.6. The summed E-state index contributed by atoms with van der Waals surface area (Å²) in [5.74, 6) is -0.857. The number of methoxy groups -OCH3 is 1. The van der Waals surface area contributed by atoms with Gasteiger partial charge in [0.25, 0.3) is 11.7 Å². The van der Waals surface area contributed by atoms with E-state index in [0.29, 0.717) is 39.9 Å². The maximum absolute atomic E-state index is 13.4. The van der Waals surface area contributed by atoms with Crippen LogP contribution in [0.3, 0.4) is 0 Å². The molecule has 0 bridgehead atoms. The van der Waals surface area contributed by atoms with Crippen LogP contribution in [0.4, 0.5) is 5.69 Å². The highest BCUT2D eigenvalue weighted by Gasteiger charge is 2.47. The molecule has 1 heterocycles. The van der Waals surface area contributed by atoms with Gasteiger partial charge in [0.1, 0.15) is 17.3 Å². The number of aliphatic hydroxyl groups excluding tert-OH is 1. The summed E-state index contributed by atoms with van der Waals surface area (Å²) in [6, 6.07) is 16.7. The molecule has 4 rings (SSSR count). The van der Waals surface area contributed by atoms with E-state index >= 15 is 0 Å². The molecule has 7 heteroatoms. The highest BCUT2D eigenvalue weighted by Crippen LogP contribution is 2.43. The highest BCUT2D eigenvalue weighted by molar-refractivity contribution is 6.51. The lowest BCUT2D eigenvalue weighted by molar-refractivity contribution is -0.132. The Labute approximate surface area is 209 Å². The van der Waals surface area contributed by atoms with E-state index < -0.39 is 17.7 Å². The van der Waals surface area contributed by atoms with Gasteiger partial charge in [0.05, 0.1) is 30.4 Å². The Kier molecular flexibility index (Phi) is 6.85. The molecule has 1 unspecified atom stereocenters. The molecule has 3 aromatic carbocycles. The molecule has 0 aromatic heterocycles.